The first kappa shape index (κ1) is 22.1. The molecule has 0 radical (unpaired) electrons. The number of H-pyrrole nitrogens is 1. The van der Waals surface area contributed by atoms with Crippen molar-refractivity contribution in [2.24, 2.45) is 0 Å². The van der Waals surface area contributed by atoms with E-state index in [1.54, 1.807) is 25.2 Å². The quantitative estimate of drug-likeness (QED) is 0.727. The number of carbonyl (C=O) groups excluding carboxylic acids is 2. The van der Waals surface area contributed by atoms with Crippen molar-refractivity contribution in [2.75, 3.05) is 53.5 Å². The molecule has 1 aromatic heterocycles. The zero-order valence-electron chi connectivity index (χ0n) is 19.0. The molecule has 1 saturated heterocycles. The largest absolute Gasteiger partial charge is 0.497 e. The van der Waals surface area contributed by atoms with Crippen LogP contribution in [0.25, 0.3) is 0 Å². The van der Waals surface area contributed by atoms with E-state index in [1.165, 1.54) is 0 Å². The molecular weight excluding hydrogens is 410 g/mol. The molecule has 172 valence electrons. The molecule has 9 nitrogen and oxygen atoms in total. The minimum absolute atomic E-state index is 0.0154. The van der Waals surface area contributed by atoms with Gasteiger partial charge in [-0.3, -0.25) is 14.7 Å². The van der Waals surface area contributed by atoms with Crippen molar-refractivity contribution in [3.05, 3.63) is 40.7 Å². The summed E-state index contributed by atoms with van der Waals surface area (Å²) in [5.41, 5.74) is 3.01. The Kier molecular flexibility index (Phi) is 6.64. The van der Waals surface area contributed by atoms with Crippen LogP contribution in [0.3, 0.4) is 0 Å². The molecule has 32 heavy (non-hydrogen) atoms. The van der Waals surface area contributed by atoms with Crippen LogP contribution in [0.1, 0.15) is 34.2 Å². The molecular formula is C23H31N5O4. The van der Waals surface area contributed by atoms with Gasteiger partial charge >= 0.3 is 0 Å². The predicted molar refractivity (Wildman–Crippen MR) is 119 cm³/mol. The van der Waals surface area contributed by atoms with Gasteiger partial charge in [-0.25, -0.2) is 0 Å². The summed E-state index contributed by atoms with van der Waals surface area (Å²) in [6, 6.07) is 5.44. The molecule has 2 aliphatic rings. The van der Waals surface area contributed by atoms with Crippen LogP contribution >= 0.6 is 0 Å². The van der Waals surface area contributed by atoms with Crippen molar-refractivity contribution in [1.29, 1.82) is 0 Å². The monoisotopic (exact) mass is 441 g/mol. The van der Waals surface area contributed by atoms with E-state index in [2.05, 4.69) is 22.0 Å². The fourth-order valence-electron chi connectivity index (χ4n) is 4.40. The number of rotatable bonds is 6. The molecule has 2 aliphatic heterocycles. The van der Waals surface area contributed by atoms with E-state index in [1.807, 2.05) is 17.0 Å². The van der Waals surface area contributed by atoms with Crippen molar-refractivity contribution in [1.82, 2.24) is 24.9 Å². The lowest BCUT2D eigenvalue weighted by molar-refractivity contribution is -0.131. The number of nitrogens with zero attached hydrogens (tertiary/aromatic N) is 4. The Morgan fingerprint density at radius 3 is 2.53 bits per heavy atom. The van der Waals surface area contributed by atoms with Crippen molar-refractivity contribution in [3.8, 4) is 11.5 Å². The molecule has 0 spiro atoms. The Morgan fingerprint density at radius 1 is 1.06 bits per heavy atom. The summed E-state index contributed by atoms with van der Waals surface area (Å²) in [6.07, 6.45) is 0.857. The van der Waals surface area contributed by atoms with Gasteiger partial charge in [0.15, 0.2) is 5.69 Å². The Bertz CT molecular complexity index is 981. The van der Waals surface area contributed by atoms with E-state index in [0.29, 0.717) is 49.8 Å². The average Bonchev–Trinajstić information content (AvgIpc) is 3.26. The van der Waals surface area contributed by atoms with Crippen LogP contribution in [-0.4, -0.2) is 90.2 Å². The molecule has 0 unspecified atom stereocenters. The summed E-state index contributed by atoms with van der Waals surface area (Å²) in [4.78, 5) is 32.2. The number of ether oxygens (including phenoxy) is 2. The van der Waals surface area contributed by atoms with Crippen LogP contribution in [0.2, 0.25) is 0 Å². The molecule has 0 atom stereocenters. The van der Waals surface area contributed by atoms with Crippen LogP contribution in [0.15, 0.2) is 18.2 Å². The number of amides is 2. The number of carbonyl (C=O) groups is 2. The van der Waals surface area contributed by atoms with Gasteiger partial charge in [0.1, 0.15) is 11.5 Å². The number of nitrogens with one attached hydrogen (secondary N) is 1. The zero-order valence-corrected chi connectivity index (χ0v) is 19.0. The van der Waals surface area contributed by atoms with E-state index in [9.17, 15) is 9.59 Å². The highest BCUT2D eigenvalue weighted by Gasteiger charge is 2.31. The molecule has 1 fully saturated rings. The van der Waals surface area contributed by atoms with Gasteiger partial charge in [-0.05, 0) is 24.7 Å². The molecule has 1 N–H and O–H groups in total. The highest BCUT2D eigenvalue weighted by atomic mass is 16.5. The van der Waals surface area contributed by atoms with Gasteiger partial charge in [0.2, 0.25) is 5.91 Å². The minimum atomic E-state index is -0.0537. The number of likely N-dealkylation sites (N-methyl/N-ethyl adjacent to an activating group) is 1. The normalized spacial score (nSPS) is 16.6. The van der Waals surface area contributed by atoms with Gasteiger partial charge in [0.25, 0.3) is 5.91 Å². The first-order valence-corrected chi connectivity index (χ1v) is 11.1. The summed E-state index contributed by atoms with van der Waals surface area (Å²) in [6.45, 7) is 7.25. The molecule has 3 heterocycles. The van der Waals surface area contributed by atoms with Gasteiger partial charge in [0, 0.05) is 62.5 Å². The molecule has 0 bridgehead atoms. The molecule has 0 saturated carbocycles. The number of aromatic amines is 1. The number of hydrogen-bond acceptors (Lipinski definition) is 6. The predicted octanol–water partition coefficient (Wildman–Crippen LogP) is 1.33. The number of methoxy groups -OCH3 is 2. The first-order chi connectivity index (χ1) is 15.5. The molecule has 9 heteroatoms. The lowest BCUT2D eigenvalue weighted by atomic mass is 10.0. The molecule has 2 amide bonds. The van der Waals surface area contributed by atoms with Crippen molar-refractivity contribution in [2.45, 2.75) is 26.3 Å². The highest BCUT2D eigenvalue weighted by molar-refractivity contribution is 5.94. The summed E-state index contributed by atoms with van der Waals surface area (Å²) < 4.78 is 10.7. The van der Waals surface area contributed by atoms with Crippen molar-refractivity contribution < 1.29 is 19.1 Å². The highest BCUT2D eigenvalue weighted by Crippen LogP contribution is 2.27. The Labute approximate surface area is 188 Å². The molecule has 1 aromatic carbocycles. The lowest BCUT2D eigenvalue weighted by Gasteiger charge is -2.34. The summed E-state index contributed by atoms with van der Waals surface area (Å²) >= 11 is 0. The second-order valence-electron chi connectivity index (χ2n) is 8.18. The third-order valence-electron chi connectivity index (χ3n) is 6.42. The summed E-state index contributed by atoms with van der Waals surface area (Å²) in [5.74, 6) is 1.27. The van der Waals surface area contributed by atoms with Crippen molar-refractivity contribution >= 4 is 11.8 Å². The third kappa shape index (κ3) is 4.43. The maximum Gasteiger partial charge on any atom is 0.274 e. The third-order valence-corrected chi connectivity index (χ3v) is 6.42. The average molecular weight is 442 g/mol. The smallest absolute Gasteiger partial charge is 0.274 e. The van der Waals surface area contributed by atoms with Crippen LogP contribution in [0.5, 0.6) is 11.5 Å². The molecule has 4 rings (SSSR count). The Balaban J connectivity index is 1.46. The number of aromatic nitrogens is 2. The maximum atomic E-state index is 13.1. The van der Waals surface area contributed by atoms with Crippen LogP contribution in [0, 0.1) is 0 Å². The maximum absolute atomic E-state index is 13.1. The second kappa shape index (κ2) is 9.60. The summed E-state index contributed by atoms with van der Waals surface area (Å²) in [5, 5.41) is 7.36. The van der Waals surface area contributed by atoms with Gasteiger partial charge in [-0.1, -0.05) is 6.92 Å². The molecule has 2 aromatic rings. The number of piperazine rings is 1. The first-order valence-electron chi connectivity index (χ1n) is 11.1. The fraction of sp³-hybridized carbons (Fsp3) is 0.522. The number of benzene rings is 1. The van der Waals surface area contributed by atoms with Gasteiger partial charge in [-0.15, -0.1) is 0 Å². The SMILES string of the molecule is CCN1CCN(C(=O)c2n[nH]c3c2CN(C(=O)Cc2cc(OC)ccc2OC)CC3)CC1. The Morgan fingerprint density at radius 2 is 1.84 bits per heavy atom. The van der Waals surface area contributed by atoms with E-state index >= 15 is 0 Å². The van der Waals surface area contributed by atoms with Crippen molar-refractivity contribution in [3.63, 3.8) is 0 Å². The Hall–Kier alpha value is -3.07. The molecule has 0 aliphatic carbocycles. The van der Waals surface area contributed by atoms with Gasteiger partial charge in [-0.2, -0.15) is 5.10 Å². The zero-order chi connectivity index (χ0) is 22.7. The van der Waals surface area contributed by atoms with E-state index in [0.717, 1.165) is 36.5 Å². The lowest BCUT2D eigenvalue weighted by Crippen LogP contribution is -2.48. The van der Waals surface area contributed by atoms with E-state index in [-0.39, 0.29) is 18.2 Å². The number of fused-ring (bicyclic) bond motifs is 1. The van der Waals surface area contributed by atoms with E-state index < -0.39 is 0 Å². The second-order valence-corrected chi connectivity index (χ2v) is 8.18. The van der Waals surface area contributed by atoms with E-state index in [4.69, 9.17) is 9.47 Å². The van der Waals surface area contributed by atoms with Crippen LogP contribution in [0.4, 0.5) is 0 Å². The fourth-order valence-corrected chi connectivity index (χ4v) is 4.40. The summed E-state index contributed by atoms with van der Waals surface area (Å²) in [7, 11) is 3.19. The van der Waals surface area contributed by atoms with Crippen LogP contribution < -0.4 is 9.47 Å². The van der Waals surface area contributed by atoms with Gasteiger partial charge < -0.3 is 24.2 Å². The topological polar surface area (TPSA) is 91.0 Å². The minimum Gasteiger partial charge on any atom is -0.497 e. The van der Waals surface area contributed by atoms with Crippen LogP contribution in [-0.2, 0) is 24.2 Å². The number of hydrogen-bond donors (Lipinski definition) is 1. The standard InChI is InChI=1S/C23H31N5O4/c1-4-26-9-11-27(12-10-26)23(30)22-18-15-28(8-7-19(18)24-25-22)21(29)14-16-13-17(31-2)5-6-20(16)32-3/h5-6,13H,4,7-12,14-15H2,1-3H3,(H,24,25). The van der Waals surface area contributed by atoms with Gasteiger partial charge in [0.05, 0.1) is 20.6 Å².